The van der Waals surface area contributed by atoms with E-state index in [9.17, 15) is 0 Å². The third kappa shape index (κ3) is 3.57. The fourth-order valence-electron chi connectivity index (χ4n) is 1.86. The predicted octanol–water partition coefficient (Wildman–Crippen LogP) is 3.28. The highest BCUT2D eigenvalue weighted by molar-refractivity contribution is 9.10. The Hall–Kier alpha value is -0.840. The maximum absolute atomic E-state index is 5.80. The van der Waals surface area contributed by atoms with Gasteiger partial charge in [0.15, 0.2) is 0 Å². The molecule has 0 spiro atoms. The van der Waals surface area contributed by atoms with Crippen LogP contribution >= 0.6 is 15.9 Å². The molecule has 0 aliphatic rings. The molecular weight excluding hydrogens is 292 g/mol. The van der Waals surface area contributed by atoms with Crippen LogP contribution in [0.3, 0.4) is 0 Å². The summed E-state index contributed by atoms with van der Waals surface area (Å²) in [5.41, 5.74) is 0.929. The minimum atomic E-state index is 0.773. The average Bonchev–Trinajstić information content (AvgIpc) is 2.78. The number of fused-ring (bicyclic) bond motifs is 1. The van der Waals surface area contributed by atoms with Crippen LogP contribution in [-0.2, 0) is 6.54 Å². The zero-order valence-electron chi connectivity index (χ0n) is 10.6. The molecule has 0 bridgehead atoms. The van der Waals surface area contributed by atoms with Crippen LogP contribution in [0.15, 0.2) is 33.2 Å². The van der Waals surface area contributed by atoms with Crippen molar-refractivity contribution in [3.8, 4) is 0 Å². The zero-order chi connectivity index (χ0) is 12.8. The topological polar surface area (TPSA) is 37.2 Å². The van der Waals surface area contributed by atoms with E-state index in [-0.39, 0.29) is 0 Å². The summed E-state index contributed by atoms with van der Waals surface area (Å²) in [4.78, 5) is 0. The van der Waals surface area contributed by atoms with Gasteiger partial charge in [0.05, 0.1) is 11.0 Å². The van der Waals surface area contributed by atoms with E-state index in [0.717, 1.165) is 47.4 Å². The molecule has 4 heteroatoms. The molecule has 0 amide bonds. The second-order valence-electron chi connectivity index (χ2n) is 4.30. The van der Waals surface area contributed by atoms with Gasteiger partial charge >= 0.3 is 0 Å². The Labute approximate surface area is 116 Å². The molecule has 2 aromatic rings. The quantitative estimate of drug-likeness (QED) is 0.771. The second kappa shape index (κ2) is 6.92. The normalized spacial score (nSPS) is 11.2. The number of para-hydroxylation sites is 1. The van der Waals surface area contributed by atoms with Crippen molar-refractivity contribution in [2.75, 3.05) is 19.6 Å². The summed E-state index contributed by atoms with van der Waals surface area (Å²) >= 11 is 3.50. The van der Waals surface area contributed by atoms with Crippen molar-refractivity contribution < 1.29 is 4.42 Å². The number of furan rings is 1. The number of benzene rings is 1. The van der Waals surface area contributed by atoms with E-state index in [1.165, 1.54) is 6.42 Å². The van der Waals surface area contributed by atoms with Crippen LogP contribution in [0.1, 0.15) is 19.1 Å². The standard InChI is InChI=1S/C14H19BrN2O/c1-2-6-16-7-8-17-10-12-9-11-4-3-5-13(15)14(11)18-12/h3-5,9,16-17H,2,6-8,10H2,1H3. The SMILES string of the molecule is CCCNCCNCc1cc2cccc(Br)c2o1. The van der Waals surface area contributed by atoms with Crippen molar-refractivity contribution in [3.05, 3.63) is 34.5 Å². The lowest BCUT2D eigenvalue weighted by Crippen LogP contribution is -2.27. The van der Waals surface area contributed by atoms with Crippen LogP contribution < -0.4 is 10.6 Å². The molecule has 0 fully saturated rings. The van der Waals surface area contributed by atoms with E-state index in [2.05, 4.69) is 45.6 Å². The molecule has 1 heterocycles. The number of nitrogens with one attached hydrogen (secondary N) is 2. The summed E-state index contributed by atoms with van der Waals surface area (Å²) in [6.07, 6.45) is 1.18. The van der Waals surface area contributed by atoms with Crippen LogP contribution in [0.2, 0.25) is 0 Å². The molecule has 3 nitrogen and oxygen atoms in total. The number of halogens is 1. The first kappa shape index (κ1) is 13.6. The summed E-state index contributed by atoms with van der Waals surface area (Å²) in [7, 11) is 0. The third-order valence-electron chi connectivity index (χ3n) is 2.75. The molecule has 0 saturated heterocycles. The minimum Gasteiger partial charge on any atom is -0.459 e. The smallest absolute Gasteiger partial charge is 0.148 e. The van der Waals surface area contributed by atoms with Crippen LogP contribution in [0, 0.1) is 0 Å². The van der Waals surface area contributed by atoms with Gasteiger partial charge in [-0.3, -0.25) is 0 Å². The van der Waals surface area contributed by atoms with E-state index in [4.69, 9.17) is 4.42 Å². The highest BCUT2D eigenvalue weighted by Crippen LogP contribution is 2.26. The van der Waals surface area contributed by atoms with E-state index in [1.807, 2.05) is 12.1 Å². The van der Waals surface area contributed by atoms with Gasteiger partial charge in [0, 0.05) is 18.5 Å². The van der Waals surface area contributed by atoms with Gasteiger partial charge in [-0.2, -0.15) is 0 Å². The molecular formula is C14H19BrN2O. The molecule has 98 valence electrons. The Morgan fingerprint density at radius 3 is 2.78 bits per heavy atom. The van der Waals surface area contributed by atoms with Crippen molar-refractivity contribution >= 4 is 26.9 Å². The maximum atomic E-state index is 5.80. The molecule has 2 N–H and O–H groups in total. The molecule has 0 aliphatic carbocycles. The van der Waals surface area contributed by atoms with Gasteiger partial charge < -0.3 is 15.1 Å². The summed E-state index contributed by atoms with van der Waals surface area (Å²) in [6.45, 7) is 5.98. The second-order valence-corrected chi connectivity index (χ2v) is 5.15. The molecule has 18 heavy (non-hydrogen) atoms. The highest BCUT2D eigenvalue weighted by Gasteiger charge is 2.05. The molecule has 0 aliphatic heterocycles. The first-order chi connectivity index (χ1) is 8.81. The van der Waals surface area contributed by atoms with Crippen molar-refractivity contribution in [1.29, 1.82) is 0 Å². The van der Waals surface area contributed by atoms with E-state index < -0.39 is 0 Å². The molecule has 1 aromatic carbocycles. The van der Waals surface area contributed by atoms with E-state index >= 15 is 0 Å². The Bertz CT molecular complexity index is 495. The Kier molecular flexibility index (Phi) is 5.23. The van der Waals surface area contributed by atoms with Crippen molar-refractivity contribution in [2.45, 2.75) is 19.9 Å². The zero-order valence-corrected chi connectivity index (χ0v) is 12.2. The fourth-order valence-corrected chi connectivity index (χ4v) is 2.32. The maximum Gasteiger partial charge on any atom is 0.148 e. The third-order valence-corrected chi connectivity index (χ3v) is 3.38. The van der Waals surface area contributed by atoms with Crippen LogP contribution in [0.4, 0.5) is 0 Å². The molecule has 1 aromatic heterocycles. The molecule has 0 unspecified atom stereocenters. The van der Waals surface area contributed by atoms with Crippen LogP contribution in [0.5, 0.6) is 0 Å². The highest BCUT2D eigenvalue weighted by atomic mass is 79.9. The lowest BCUT2D eigenvalue weighted by Gasteiger charge is -2.03. The minimum absolute atomic E-state index is 0.773. The summed E-state index contributed by atoms with van der Waals surface area (Å²) in [6, 6.07) is 8.17. The van der Waals surface area contributed by atoms with Gasteiger partial charge in [-0.1, -0.05) is 19.1 Å². The summed E-state index contributed by atoms with van der Waals surface area (Å²) < 4.78 is 6.81. The van der Waals surface area contributed by atoms with Gasteiger partial charge in [-0.05, 0) is 41.0 Å². The van der Waals surface area contributed by atoms with Gasteiger partial charge in [-0.25, -0.2) is 0 Å². The number of rotatable bonds is 7. The predicted molar refractivity (Wildman–Crippen MR) is 78.8 cm³/mol. The first-order valence-corrected chi connectivity index (χ1v) is 7.19. The Balaban J connectivity index is 1.83. The largest absolute Gasteiger partial charge is 0.459 e. The van der Waals surface area contributed by atoms with Crippen molar-refractivity contribution in [3.63, 3.8) is 0 Å². The molecule has 0 radical (unpaired) electrons. The summed E-state index contributed by atoms with van der Waals surface area (Å²) in [5, 5.41) is 7.87. The number of hydrogen-bond donors (Lipinski definition) is 2. The van der Waals surface area contributed by atoms with Gasteiger partial charge in [0.2, 0.25) is 0 Å². The van der Waals surface area contributed by atoms with Gasteiger partial charge in [-0.15, -0.1) is 0 Å². The van der Waals surface area contributed by atoms with Crippen LogP contribution in [-0.4, -0.2) is 19.6 Å². The molecule has 0 atom stereocenters. The lowest BCUT2D eigenvalue weighted by atomic mass is 10.2. The van der Waals surface area contributed by atoms with Crippen molar-refractivity contribution in [1.82, 2.24) is 10.6 Å². The first-order valence-electron chi connectivity index (χ1n) is 6.39. The molecule has 2 rings (SSSR count). The van der Waals surface area contributed by atoms with E-state index in [0.29, 0.717) is 0 Å². The van der Waals surface area contributed by atoms with Crippen LogP contribution in [0.25, 0.3) is 11.0 Å². The Morgan fingerprint density at radius 1 is 1.17 bits per heavy atom. The summed E-state index contributed by atoms with van der Waals surface area (Å²) in [5.74, 6) is 0.979. The Morgan fingerprint density at radius 2 is 2.00 bits per heavy atom. The van der Waals surface area contributed by atoms with Gasteiger partial charge in [0.1, 0.15) is 11.3 Å². The van der Waals surface area contributed by atoms with E-state index in [1.54, 1.807) is 0 Å². The molecule has 0 saturated carbocycles. The fraction of sp³-hybridized carbons (Fsp3) is 0.429. The number of hydrogen-bond acceptors (Lipinski definition) is 3. The monoisotopic (exact) mass is 310 g/mol. The van der Waals surface area contributed by atoms with Crippen molar-refractivity contribution in [2.24, 2.45) is 0 Å². The lowest BCUT2D eigenvalue weighted by molar-refractivity contribution is 0.507. The van der Waals surface area contributed by atoms with Gasteiger partial charge in [0.25, 0.3) is 0 Å². The average molecular weight is 311 g/mol.